The molecule has 0 saturated carbocycles. The molecular formula is C24H22F3N5O2S. The van der Waals surface area contributed by atoms with Crippen molar-refractivity contribution >= 4 is 26.9 Å². The third-order valence-electron chi connectivity index (χ3n) is 6.12. The highest BCUT2D eigenvalue weighted by Crippen LogP contribution is 2.30. The first kappa shape index (κ1) is 23.3. The van der Waals surface area contributed by atoms with E-state index in [0.29, 0.717) is 31.7 Å². The third kappa shape index (κ3) is 4.87. The predicted octanol–water partition coefficient (Wildman–Crippen LogP) is 4.91. The van der Waals surface area contributed by atoms with E-state index in [2.05, 4.69) is 20.3 Å². The Balaban J connectivity index is 1.22. The van der Waals surface area contributed by atoms with Gasteiger partial charge in [-0.3, -0.25) is 0 Å². The van der Waals surface area contributed by atoms with E-state index in [1.54, 1.807) is 30.5 Å². The summed E-state index contributed by atoms with van der Waals surface area (Å²) in [6.07, 6.45) is 0.945. The van der Waals surface area contributed by atoms with Crippen LogP contribution < -0.4 is 5.32 Å². The SMILES string of the molecule is O=S(=O)(c1ccc(-c2cnc3[nH]ccc3c2)cc1)N1CCC(Nc2ccc(C(F)(F)F)cn2)CC1. The Morgan fingerprint density at radius 1 is 0.943 bits per heavy atom. The van der Waals surface area contributed by atoms with Crippen molar-refractivity contribution in [1.82, 2.24) is 19.3 Å². The van der Waals surface area contributed by atoms with Crippen molar-refractivity contribution in [3.05, 3.63) is 72.7 Å². The highest BCUT2D eigenvalue weighted by molar-refractivity contribution is 7.89. The van der Waals surface area contributed by atoms with Gasteiger partial charge < -0.3 is 10.3 Å². The smallest absolute Gasteiger partial charge is 0.367 e. The van der Waals surface area contributed by atoms with Gasteiger partial charge in [-0.25, -0.2) is 18.4 Å². The number of anilines is 1. The first-order valence-electron chi connectivity index (χ1n) is 11.0. The number of H-pyrrole nitrogens is 1. The minimum Gasteiger partial charge on any atom is -0.367 e. The molecule has 7 nitrogen and oxygen atoms in total. The molecule has 0 spiro atoms. The summed E-state index contributed by atoms with van der Waals surface area (Å²) in [6, 6.07) is 12.8. The standard InChI is InChI=1S/C24H22F3N5O2S/c25-24(26,27)19-3-6-22(29-15-19)31-20-8-11-32(12-9-20)35(33,34)21-4-1-16(2-5-21)18-13-17-7-10-28-23(17)30-14-18/h1-7,10,13-15,20H,8-9,11-12H2,(H,28,30)(H,29,31). The van der Waals surface area contributed by atoms with Gasteiger partial charge >= 0.3 is 6.18 Å². The lowest BCUT2D eigenvalue weighted by atomic mass is 10.1. The number of pyridine rings is 2. The maximum atomic E-state index is 13.1. The number of halogens is 3. The molecule has 0 amide bonds. The Hall–Kier alpha value is -3.44. The van der Waals surface area contributed by atoms with Crippen molar-refractivity contribution in [1.29, 1.82) is 0 Å². The van der Waals surface area contributed by atoms with Gasteiger partial charge in [-0.1, -0.05) is 12.1 Å². The molecule has 5 rings (SSSR count). The Kier molecular flexibility index (Phi) is 5.97. The van der Waals surface area contributed by atoms with Crippen molar-refractivity contribution in [2.24, 2.45) is 0 Å². The summed E-state index contributed by atoms with van der Waals surface area (Å²) < 4.78 is 65.8. The lowest BCUT2D eigenvalue weighted by Gasteiger charge is -2.32. The number of sulfonamides is 1. The van der Waals surface area contributed by atoms with E-state index in [0.717, 1.165) is 34.4 Å². The molecule has 1 aliphatic heterocycles. The number of alkyl halides is 3. The minimum atomic E-state index is -4.43. The Morgan fingerprint density at radius 2 is 1.69 bits per heavy atom. The molecule has 0 bridgehead atoms. The normalized spacial score (nSPS) is 16.0. The van der Waals surface area contributed by atoms with Gasteiger partial charge in [-0.05, 0) is 54.8 Å². The summed E-state index contributed by atoms with van der Waals surface area (Å²) in [7, 11) is -3.66. The zero-order valence-corrected chi connectivity index (χ0v) is 19.3. The number of benzene rings is 1. The largest absolute Gasteiger partial charge is 0.417 e. The van der Waals surface area contributed by atoms with Crippen LogP contribution in [0.25, 0.3) is 22.2 Å². The molecule has 3 aromatic heterocycles. The van der Waals surface area contributed by atoms with Crippen LogP contribution >= 0.6 is 0 Å². The molecule has 1 aliphatic rings. The second-order valence-electron chi connectivity index (χ2n) is 8.42. The number of aromatic nitrogens is 3. The van der Waals surface area contributed by atoms with Gasteiger partial charge in [0, 0.05) is 48.7 Å². The molecule has 35 heavy (non-hydrogen) atoms. The molecule has 1 fully saturated rings. The molecule has 11 heteroatoms. The summed E-state index contributed by atoms with van der Waals surface area (Å²) >= 11 is 0. The van der Waals surface area contributed by atoms with Gasteiger partial charge in [0.1, 0.15) is 11.5 Å². The lowest BCUT2D eigenvalue weighted by Crippen LogP contribution is -2.42. The van der Waals surface area contributed by atoms with Crippen molar-refractivity contribution in [2.45, 2.75) is 30.0 Å². The van der Waals surface area contributed by atoms with E-state index < -0.39 is 21.8 Å². The maximum absolute atomic E-state index is 13.1. The van der Waals surface area contributed by atoms with Crippen molar-refractivity contribution in [2.75, 3.05) is 18.4 Å². The summed E-state index contributed by atoms with van der Waals surface area (Å²) in [5.41, 5.74) is 1.74. The highest BCUT2D eigenvalue weighted by atomic mass is 32.2. The van der Waals surface area contributed by atoms with Crippen LogP contribution in [0.4, 0.5) is 19.0 Å². The first-order chi connectivity index (χ1) is 16.7. The second kappa shape index (κ2) is 8.97. The zero-order chi connectivity index (χ0) is 24.6. The number of piperidine rings is 1. The van der Waals surface area contributed by atoms with Gasteiger partial charge in [-0.15, -0.1) is 0 Å². The van der Waals surface area contributed by atoms with Crippen LogP contribution in [-0.4, -0.2) is 46.8 Å². The highest BCUT2D eigenvalue weighted by Gasteiger charge is 2.32. The third-order valence-corrected chi connectivity index (χ3v) is 8.04. The monoisotopic (exact) mass is 501 g/mol. The number of rotatable bonds is 5. The molecule has 1 aromatic carbocycles. The molecule has 0 aliphatic carbocycles. The van der Waals surface area contributed by atoms with Crippen LogP contribution in [0.3, 0.4) is 0 Å². The van der Waals surface area contributed by atoms with Crippen LogP contribution in [-0.2, 0) is 16.2 Å². The van der Waals surface area contributed by atoms with E-state index in [1.807, 2.05) is 18.3 Å². The number of nitrogens with zero attached hydrogens (tertiary/aromatic N) is 3. The molecule has 1 saturated heterocycles. The van der Waals surface area contributed by atoms with Crippen LogP contribution in [0.2, 0.25) is 0 Å². The average molecular weight is 502 g/mol. The summed E-state index contributed by atoms with van der Waals surface area (Å²) in [5.74, 6) is 0.335. The van der Waals surface area contributed by atoms with E-state index >= 15 is 0 Å². The molecule has 0 atom stereocenters. The Bertz CT molecular complexity index is 1430. The molecule has 0 radical (unpaired) electrons. The van der Waals surface area contributed by atoms with Crippen molar-refractivity contribution in [3.8, 4) is 11.1 Å². The van der Waals surface area contributed by atoms with E-state index in [9.17, 15) is 21.6 Å². The van der Waals surface area contributed by atoms with Gasteiger partial charge in [0.2, 0.25) is 10.0 Å². The fourth-order valence-corrected chi connectivity index (χ4v) is 5.63. The van der Waals surface area contributed by atoms with Gasteiger partial charge in [0.25, 0.3) is 0 Å². The number of hydrogen-bond acceptors (Lipinski definition) is 5. The molecule has 4 aromatic rings. The van der Waals surface area contributed by atoms with E-state index in [-0.39, 0.29) is 10.9 Å². The quantitative estimate of drug-likeness (QED) is 0.406. The van der Waals surface area contributed by atoms with Crippen molar-refractivity contribution < 1.29 is 21.6 Å². The maximum Gasteiger partial charge on any atom is 0.417 e. The predicted molar refractivity (Wildman–Crippen MR) is 126 cm³/mol. The molecule has 4 heterocycles. The number of hydrogen-bond donors (Lipinski definition) is 2. The van der Waals surface area contributed by atoms with Crippen LogP contribution in [0.15, 0.2) is 72.0 Å². The fourth-order valence-electron chi connectivity index (χ4n) is 4.16. The summed E-state index contributed by atoms with van der Waals surface area (Å²) in [4.78, 5) is 11.5. The zero-order valence-electron chi connectivity index (χ0n) is 18.5. The Labute approximate surface area is 200 Å². The number of aromatic amines is 1. The summed E-state index contributed by atoms with van der Waals surface area (Å²) in [6.45, 7) is 0.604. The minimum absolute atomic E-state index is 0.0797. The molecular weight excluding hydrogens is 479 g/mol. The van der Waals surface area contributed by atoms with E-state index in [1.165, 1.54) is 10.4 Å². The van der Waals surface area contributed by atoms with Gasteiger partial charge in [-0.2, -0.15) is 17.5 Å². The first-order valence-corrected chi connectivity index (χ1v) is 12.5. The van der Waals surface area contributed by atoms with E-state index in [4.69, 9.17) is 0 Å². The van der Waals surface area contributed by atoms with Crippen molar-refractivity contribution in [3.63, 3.8) is 0 Å². The number of nitrogens with one attached hydrogen (secondary N) is 2. The van der Waals surface area contributed by atoms with Gasteiger partial charge in [0.15, 0.2) is 0 Å². The average Bonchev–Trinajstić information content (AvgIpc) is 3.32. The second-order valence-corrected chi connectivity index (χ2v) is 10.4. The topological polar surface area (TPSA) is 91.0 Å². The molecule has 2 N–H and O–H groups in total. The lowest BCUT2D eigenvalue weighted by molar-refractivity contribution is -0.137. The van der Waals surface area contributed by atoms with Crippen LogP contribution in [0.5, 0.6) is 0 Å². The van der Waals surface area contributed by atoms with Crippen LogP contribution in [0.1, 0.15) is 18.4 Å². The molecule has 182 valence electrons. The Morgan fingerprint density at radius 3 is 2.34 bits per heavy atom. The van der Waals surface area contributed by atoms with Gasteiger partial charge in [0.05, 0.1) is 10.5 Å². The number of fused-ring (bicyclic) bond motifs is 1. The fraction of sp³-hybridized carbons (Fsp3) is 0.250. The van der Waals surface area contributed by atoms with Crippen LogP contribution in [0, 0.1) is 0 Å². The molecule has 0 unspecified atom stereocenters. The summed E-state index contributed by atoms with van der Waals surface area (Å²) in [5, 5.41) is 4.07.